The van der Waals surface area contributed by atoms with Gasteiger partial charge in [-0.2, -0.15) is 0 Å². The van der Waals surface area contributed by atoms with E-state index in [4.69, 9.17) is 10.6 Å². The van der Waals surface area contributed by atoms with Crippen molar-refractivity contribution in [2.24, 2.45) is 5.84 Å². The monoisotopic (exact) mass is 222 g/mol. The maximum absolute atomic E-state index is 5.57. The molecular weight excluding hydrogens is 200 g/mol. The van der Waals surface area contributed by atoms with Crippen LogP contribution in [-0.4, -0.2) is 13.2 Å². The Morgan fingerprint density at radius 3 is 2.62 bits per heavy atom. The first kappa shape index (κ1) is 13.2. The zero-order chi connectivity index (χ0) is 12.0. The highest BCUT2D eigenvalue weighted by Crippen LogP contribution is 2.19. The molecule has 3 N–H and O–H groups in total. The van der Waals surface area contributed by atoms with Gasteiger partial charge in [-0.05, 0) is 43.9 Å². The Morgan fingerprint density at radius 2 is 2.06 bits per heavy atom. The highest BCUT2D eigenvalue weighted by Gasteiger charge is 2.09. The molecule has 0 heterocycles. The molecule has 0 aliphatic carbocycles. The third-order valence-electron chi connectivity index (χ3n) is 2.89. The van der Waals surface area contributed by atoms with E-state index in [2.05, 4.69) is 37.5 Å². The molecule has 0 fully saturated rings. The van der Waals surface area contributed by atoms with Crippen LogP contribution in [0.1, 0.15) is 36.1 Å². The van der Waals surface area contributed by atoms with Gasteiger partial charge in [0.25, 0.3) is 0 Å². The largest absolute Gasteiger partial charge is 0.382 e. The number of rotatable bonds is 6. The molecule has 90 valence electrons. The Bertz CT molecular complexity index is 326. The topological polar surface area (TPSA) is 47.3 Å². The van der Waals surface area contributed by atoms with Gasteiger partial charge in [0.2, 0.25) is 0 Å². The molecule has 0 spiro atoms. The van der Waals surface area contributed by atoms with Crippen LogP contribution >= 0.6 is 0 Å². The van der Waals surface area contributed by atoms with E-state index in [1.165, 1.54) is 16.7 Å². The van der Waals surface area contributed by atoms with Crippen molar-refractivity contribution < 1.29 is 4.74 Å². The van der Waals surface area contributed by atoms with E-state index >= 15 is 0 Å². The van der Waals surface area contributed by atoms with Gasteiger partial charge in [-0.3, -0.25) is 11.3 Å². The summed E-state index contributed by atoms with van der Waals surface area (Å²) in [6.07, 6.45) is 0.896. The van der Waals surface area contributed by atoms with Crippen LogP contribution in [0.25, 0.3) is 0 Å². The molecular formula is C13H22N2O. The van der Waals surface area contributed by atoms with Crippen LogP contribution in [0.15, 0.2) is 18.2 Å². The first-order valence-electron chi connectivity index (χ1n) is 5.80. The van der Waals surface area contributed by atoms with Crippen molar-refractivity contribution >= 4 is 0 Å². The van der Waals surface area contributed by atoms with Crippen molar-refractivity contribution in [3.8, 4) is 0 Å². The lowest BCUT2D eigenvalue weighted by Gasteiger charge is -2.17. The number of aryl methyl sites for hydroxylation is 2. The Hall–Kier alpha value is -0.900. The van der Waals surface area contributed by atoms with Gasteiger partial charge < -0.3 is 4.74 Å². The smallest absolute Gasteiger partial charge is 0.0484 e. The van der Waals surface area contributed by atoms with Gasteiger partial charge in [0.15, 0.2) is 0 Å². The fourth-order valence-corrected chi connectivity index (χ4v) is 1.67. The fraction of sp³-hybridized carbons (Fsp3) is 0.538. The summed E-state index contributed by atoms with van der Waals surface area (Å²) in [6.45, 7) is 7.72. The third-order valence-corrected chi connectivity index (χ3v) is 2.89. The lowest BCUT2D eigenvalue weighted by atomic mass is 10.00. The van der Waals surface area contributed by atoms with Crippen LogP contribution in [0.2, 0.25) is 0 Å². The Morgan fingerprint density at radius 1 is 1.31 bits per heavy atom. The standard InChI is InChI=1S/C13H22N2O/c1-4-16-8-7-13(15-14)12-6-5-10(2)11(3)9-12/h5-6,9,13,15H,4,7-8,14H2,1-3H3. The van der Waals surface area contributed by atoms with Crippen LogP contribution in [-0.2, 0) is 4.74 Å². The predicted molar refractivity (Wildman–Crippen MR) is 67.1 cm³/mol. The minimum atomic E-state index is 0.172. The van der Waals surface area contributed by atoms with E-state index in [-0.39, 0.29) is 6.04 Å². The molecule has 0 bridgehead atoms. The van der Waals surface area contributed by atoms with Crippen molar-refractivity contribution in [1.82, 2.24) is 5.43 Å². The molecule has 1 aromatic carbocycles. The van der Waals surface area contributed by atoms with Gasteiger partial charge >= 0.3 is 0 Å². The van der Waals surface area contributed by atoms with E-state index in [1.54, 1.807) is 0 Å². The quantitative estimate of drug-likeness (QED) is 0.441. The predicted octanol–water partition coefficient (Wildman–Crippen LogP) is 2.23. The average Bonchev–Trinajstić information content (AvgIpc) is 2.29. The normalized spacial score (nSPS) is 12.8. The van der Waals surface area contributed by atoms with Crippen LogP contribution in [0, 0.1) is 13.8 Å². The molecule has 1 rings (SSSR count). The molecule has 1 atom stereocenters. The average molecular weight is 222 g/mol. The van der Waals surface area contributed by atoms with Crippen molar-refractivity contribution in [3.05, 3.63) is 34.9 Å². The van der Waals surface area contributed by atoms with Gasteiger partial charge in [-0.1, -0.05) is 18.2 Å². The molecule has 0 aliphatic rings. The fourth-order valence-electron chi connectivity index (χ4n) is 1.67. The van der Waals surface area contributed by atoms with E-state index in [0.717, 1.165) is 19.6 Å². The van der Waals surface area contributed by atoms with Crippen LogP contribution < -0.4 is 11.3 Å². The molecule has 0 aliphatic heterocycles. The van der Waals surface area contributed by atoms with E-state index < -0.39 is 0 Å². The summed E-state index contributed by atoms with van der Waals surface area (Å²) in [5.74, 6) is 5.57. The molecule has 3 nitrogen and oxygen atoms in total. The Balaban J connectivity index is 2.67. The van der Waals surface area contributed by atoms with Gasteiger partial charge in [-0.25, -0.2) is 0 Å². The number of hydrogen-bond acceptors (Lipinski definition) is 3. The summed E-state index contributed by atoms with van der Waals surface area (Å²) >= 11 is 0. The molecule has 1 aromatic rings. The highest BCUT2D eigenvalue weighted by atomic mass is 16.5. The summed E-state index contributed by atoms with van der Waals surface area (Å²) in [7, 11) is 0. The molecule has 16 heavy (non-hydrogen) atoms. The molecule has 3 heteroatoms. The van der Waals surface area contributed by atoms with E-state index in [0.29, 0.717) is 0 Å². The van der Waals surface area contributed by atoms with Gasteiger partial charge in [-0.15, -0.1) is 0 Å². The number of benzene rings is 1. The zero-order valence-corrected chi connectivity index (χ0v) is 10.4. The van der Waals surface area contributed by atoms with Crippen LogP contribution in [0.4, 0.5) is 0 Å². The minimum Gasteiger partial charge on any atom is -0.382 e. The van der Waals surface area contributed by atoms with Gasteiger partial charge in [0, 0.05) is 19.3 Å². The minimum absolute atomic E-state index is 0.172. The Labute approximate surface area is 98.0 Å². The number of hydrazine groups is 1. The van der Waals surface area contributed by atoms with Gasteiger partial charge in [0.05, 0.1) is 0 Å². The second-order valence-electron chi connectivity index (χ2n) is 4.05. The summed E-state index contributed by atoms with van der Waals surface area (Å²) in [6, 6.07) is 6.62. The maximum Gasteiger partial charge on any atom is 0.0484 e. The van der Waals surface area contributed by atoms with Crippen LogP contribution in [0.3, 0.4) is 0 Å². The molecule has 0 radical (unpaired) electrons. The first-order valence-corrected chi connectivity index (χ1v) is 5.80. The first-order chi connectivity index (χ1) is 7.69. The lowest BCUT2D eigenvalue weighted by molar-refractivity contribution is 0.136. The summed E-state index contributed by atoms with van der Waals surface area (Å²) in [5.41, 5.74) is 6.68. The second kappa shape index (κ2) is 6.63. The van der Waals surface area contributed by atoms with Crippen LogP contribution in [0.5, 0.6) is 0 Å². The number of hydrogen-bond donors (Lipinski definition) is 2. The molecule has 0 amide bonds. The van der Waals surface area contributed by atoms with E-state index in [9.17, 15) is 0 Å². The molecule has 0 aromatic heterocycles. The van der Waals surface area contributed by atoms with Crippen molar-refractivity contribution in [2.75, 3.05) is 13.2 Å². The van der Waals surface area contributed by atoms with Crippen molar-refractivity contribution in [2.45, 2.75) is 33.2 Å². The highest BCUT2D eigenvalue weighted by molar-refractivity contribution is 5.31. The van der Waals surface area contributed by atoms with Crippen molar-refractivity contribution in [3.63, 3.8) is 0 Å². The second-order valence-corrected chi connectivity index (χ2v) is 4.05. The van der Waals surface area contributed by atoms with E-state index in [1.807, 2.05) is 6.92 Å². The molecule has 0 saturated carbocycles. The molecule has 1 unspecified atom stereocenters. The SMILES string of the molecule is CCOCCC(NN)c1ccc(C)c(C)c1. The molecule has 0 saturated heterocycles. The number of nitrogens with two attached hydrogens (primary N) is 1. The maximum atomic E-state index is 5.57. The number of ether oxygens (including phenoxy) is 1. The van der Waals surface area contributed by atoms with Crippen molar-refractivity contribution in [1.29, 1.82) is 0 Å². The lowest BCUT2D eigenvalue weighted by Crippen LogP contribution is -2.29. The third kappa shape index (κ3) is 3.59. The van der Waals surface area contributed by atoms with Gasteiger partial charge in [0.1, 0.15) is 0 Å². The zero-order valence-electron chi connectivity index (χ0n) is 10.4. The summed E-state index contributed by atoms with van der Waals surface area (Å²) in [5, 5.41) is 0. The number of nitrogens with one attached hydrogen (secondary N) is 1. The Kier molecular flexibility index (Phi) is 5.46. The summed E-state index contributed by atoms with van der Waals surface area (Å²) in [4.78, 5) is 0. The summed E-state index contributed by atoms with van der Waals surface area (Å²) < 4.78 is 5.35.